The van der Waals surface area contributed by atoms with E-state index in [2.05, 4.69) is 15.0 Å². The molecule has 0 saturated heterocycles. The Kier molecular flexibility index (Phi) is 9.03. The molecule has 2 aromatic rings. The van der Waals surface area contributed by atoms with Crippen LogP contribution in [0.4, 0.5) is 5.95 Å². The van der Waals surface area contributed by atoms with E-state index >= 15 is 0 Å². The number of anilines is 1. The van der Waals surface area contributed by atoms with Crippen LogP contribution < -0.4 is 10.5 Å². The van der Waals surface area contributed by atoms with Gasteiger partial charge in [0.25, 0.3) is 0 Å². The lowest BCUT2D eigenvalue weighted by Gasteiger charge is -2.41. The maximum absolute atomic E-state index is 13.1. The fourth-order valence-electron chi connectivity index (χ4n) is 3.71. The van der Waals surface area contributed by atoms with Crippen LogP contribution in [0.25, 0.3) is 11.2 Å². The van der Waals surface area contributed by atoms with Crippen molar-refractivity contribution in [2.24, 2.45) is 5.92 Å². The number of fused-ring (bicyclic) bond motifs is 1. The Morgan fingerprint density at radius 3 is 2.32 bits per heavy atom. The lowest BCUT2D eigenvalue weighted by atomic mass is 9.91. The Hall–Kier alpha value is -1.86. The number of aliphatic hydroxyl groups is 3. The monoisotopic (exact) mass is 505 g/mol. The standard InChI is InChI=1S/C20H36N5O8P/c1-7-12(4)14(33-34(29,30)19(27,8-2)9-3)15(26)20(28,10-31-5)25-11-22-13-16(25)23-18(21)24-17(13)32-6/h11-12,14-15,26-28H,7-10H2,1-6H3,(H,29,30)(H2,21,23,24)/t12?,14?,15?,20-/m0/s1. The Balaban J connectivity index is 2.65. The van der Waals surface area contributed by atoms with E-state index in [0.717, 1.165) is 4.57 Å². The zero-order valence-electron chi connectivity index (χ0n) is 20.4. The molecular weight excluding hydrogens is 469 g/mol. The molecule has 0 aliphatic rings. The van der Waals surface area contributed by atoms with E-state index in [9.17, 15) is 24.8 Å². The summed E-state index contributed by atoms with van der Waals surface area (Å²) in [4.78, 5) is 22.9. The molecule has 4 unspecified atom stereocenters. The highest BCUT2D eigenvalue weighted by Crippen LogP contribution is 2.59. The summed E-state index contributed by atoms with van der Waals surface area (Å²) < 4.78 is 30.2. The largest absolute Gasteiger partial charge is 0.479 e. The summed E-state index contributed by atoms with van der Waals surface area (Å²) in [5, 5.41) is 31.8. The van der Waals surface area contributed by atoms with Crippen LogP contribution in [0.15, 0.2) is 6.33 Å². The maximum Gasteiger partial charge on any atom is 0.359 e. The number of hydrogen-bond acceptors (Lipinski definition) is 11. The molecule has 13 nitrogen and oxygen atoms in total. The van der Waals surface area contributed by atoms with Gasteiger partial charge in [-0.1, -0.05) is 34.1 Å². The highest BCUT2D eigenvalue weighted by Gasteiger charge is 2.52. The first-order valence-electron chi connectivity index (χ1n) is 11.0. The molecule has 0 fully saturated rings. The molecule has 0 amide bonds. The first-order chi connectivity index (χ1) is 15.9. The molecule has 14 heteroatoms. The Bertz CT molecular complexity index is 1020. The van der Waals surface area contributed by atoms with Crippen molar-refractivity contribution in [1.29, 1.82) is 0 Å². The number of aliphatic hydroxyl groups excluding tert-OH is 1. The zero-order valence-corrected chi connectivity index (χ0v) is 21.3. The minimum Gasteiger partial charge on any atom is -0.479 e. The first kappa shape index (κ1) is 28.4. The molecule has 0 aliphatic heterocycles. The molecule has 0 saturated carbocycles. The lowest BCUT2D eigenvalue weighted by Crippen LogP contribution is -2.56. The summed E-state index contributed by atoms with van der Waals surface area (Å²) in [5.74, 6) is -0.618. The van der Waals surface area contributed by atoms with E-state index in [-0.39, 0.29) is 35.8 Å². The Morgan fingerprint density at radius 2 is 1.82 bits per heavy atom. The van der Waals surface area contributed by atoms with Crippen molar-refractivity contribution in [1.82, 2.24) is 19.5 Å². The third-order valence-electron chi connectivity index (χ3n) is 6.26. The van der Waals surface area contributed by atoms with E-state index in [4.69, 9.17) is 19.7 Å². The van der Waals surface area contributed by atoms with Crippen molar-refractivity contribution < 1.29 is 38.8 Å². The van der Waals surface area contributed by atoms with Crippen LogP contribution in [0.5, 0.6) is 5.88 Å². The summed E-state index contributed by atoms with van der Waals surface area (Å²) in [7, 11) is -2.00. The maximum atomic E-state index is 13.1. The Morgan fingerprint density at radius 1 is 1.21 bits per heavy atom. The smallest absolute Gasteiger partial charge is 0.359 e. The number of ether oxygens (including phenoxy) is 2. The number of rotatable bonds is 13. The highest BCUT2D eigenvalue weighted by molar-refractivity contribution is 7.54. The molecule has 0 aromatic carbocycles. The summed E-state index contributed by atoms with van der Waals surface area (Å²) >= 11 is 0. The average molecular weight is 506 g/mol. The van der Waals surface area contributed by atoms with E-state index < -0.39 is 43.4 Å². The predicted molar refractivity (Wildman–Crippen MR) is 124 cm³/mol. The quantitative estimate of drug-likeness (QED) is 0.244. The Labute approximate surface area is 198 Å². The number of aromatic nitrogens is 4. The zero-order chi connectivity index (χ0) is 25.9. The van der Waals surface area contributed by atoms with Crippen LogP contribution in [-0.2, 0) is 19.6 Å². The molecule has 0 spiro atoms. The van der Waals surface area contributed by atoms with Gasteiger partial charge in [-0.15, -0.1) is 0 Å². The van der Waals surface area contributed by atoms with Gasteiger partial charge in [-0.3, -0.25) is 9.13 Å². The van der Waals surface area contributed by atoms with Gasteiger partial charge >= 0.3 is 7.60 Å². The number of hydrogen-bond donors (Lipinski definition) is 5. The fraction of sp³-hybridized carbons (Fsp3) is 0.750. The van der Waals surface area contributed by atoms with Crippen molar-refractivity contribution in [2.45, 2.75) is 70.2 Å². The van der Waals surface area contributed by atoms with Crippen LogP contribution in [-0.4, -0.2) is 78.1 Å². The van der Waals surface area contributed by atoms with Gasteiger partial charge < -0.3 is 39.9 Å². The van der Waals surface area contributed by atoms with Gasteiger partial charge in [0.15, 0.2) is 22.2 Å². The third-order valence-corrected chi connectivity index (χ3v) is 8.48. The molecular formula is C20H36N5O8P. The summed E-state index contributed by atoms with van der Waals surface area (Å²) in [6.45, 7) is 6.13. The minimum absolute atomic E-state index is 0.0386. The number of nitrogen functional groups attached to an aromatic ring is 1. The van der Waals surface area contributed by atoms with Gasteiger partial charge in [-0.05, 0) is 18.8 Å². The van der Waals surface area contributed by atoms with Crippen molar-refractivity contribution in [2.75, 3.05) is 26.6 Å². The van der Waals surface area contributed by atoms with Crippen LogP contribution in [0.1, 0.15) is 47.0 Å². The molecule has 0 radical (unpaired) electrons. The molecule has 2 rings (SSSR count). The van der Waals surface area contributed by atoms with Crippen molar-refractivity contribution in [3.8, 4) is 5.88 Å². The summed E-state index contributed by atoms with van der Waals surface area (Å²) in [6.07, 6.45) is -1.68. The molecule has 6 N–H and O–H groups in total. The van der Waals surface area contributed by atoms with Gasteiger partial charge in [0.05, 0.1) is 20.0 Å². The van der Waals surface area contributed by atoms with Gasteiger partial charge in [0.2, 0.25) is 11.8 Å². The molecule has 34 heavy (non-hydrogen) atoms. The second-order valence-corrected chi connectivity index (χ2v) is 10.4. The average Bonchev–Trinajstić information content (AvgIpc) is 3.24. The van der Waals surface area contributed by atoms with Crippen molar-refractivity contribution in [3.05, 3.63) is 6.33 Å². The topological polar surface area (TPSA) is 195 Å². The molecule has 5 atom stereocenters. The van der Waals surface area contributed by atoms with Crippen molar-refractivity contribution in [3.63, 3.8) is 0 Å². The second-order valence-electron chi connectivity index (χ2n) is 8.30. The number of imidazole rings is 1. The SMILES string of the molecule is CCC(C)C(OP(=O)(O)C(O)(CC)CC)C(O)[C@@](O)(COC)n1cnc2c(OC)nc(N)nc21. The van der Waals surface area contributed by atoms with E-state index in [1.807, 2.05) is 0 Å². The van der Waals surface area contributed by atoms with E-state index in [0.29, 0.717) is 6.42 Å². The number of methoxy groups -OCH3 is 2. The normalized spacial score (nSPS) is 18.8. The van der Waals surface area contributed by atoms with E-state index in [1.54, 1.807) is 27.7 Å². The molecule has 0 bridgehead atoms. The predicted octanol–water partition coefficient (Wildman–Crippen LogP) is 1.19. The lowest BCUT2D eigenvalue weighted by molar-refractivity contribution is -0.201. The van der Waals surface area contributed by atoms with E-state index in [1.165, 1.54) is 20.5 Å². The number of nitrogens with zero attached hydrogens (tertiary/aromatic N) is 4. The van der Waals surface area contributed by atoms with Crippen LogP contribution in [0, 0.1) is 5.92 Å². The molecule has 2 aromatic heterocycles. The molecule has 0 aliphatic carbocycles. The summed E-state index contributed by atoms with van der Waals surface area (Å²) in [6, 6.07) is 0. The van der Waals surface area contributed by atoms with Gasteiger partial charge in [-0.2, -0.15) is 9.97 Å². The highest BCUT2D eigenvalue weighted by atomic mass is 31.2. The first-order valence-corrected chi connectivity index (χ1v) is 12.6. The fourth-order valence-corrected chi connectivity index (χ4v) is 5.36. The molecule has 194 valence electrons. The number of nitrogens with two attached hydrogens (primary N) is 1. The second kappa shape index (κ2) is 10.8. The van der Waals surface area contributed by atoms with Crippen LogP contribution in [0.3, 0.4) is 0 Å². The van der Waals surface area contributed by atoms with Crippen LogP contribution >= 0.6 is 7.60 Å². The van der Waals surface area contributed by atoms with Gasteiger partial charge in [-0.25, -0.2) is 4.98 Å². The molecule has 2 heterocycles. The summed E-state index contributed by atoms with van der Waals surface area (Å²) in [5.41, 5.74) is 3.71. The van der Waals surface area contributed by atoms with Crippen molar-refractivity contribution >= 4 is 24.7 Å². The minimum atomic E-state index is -4.67. The van der Waals surface area contributed by atoms with Gasteiger partial charge in [0.1, 0.15) is 12.2 Å². The van der Waals surface area contributed by atoms with Crippen LogP contribution in [0.2, 0.25) is 0 Å². The van der Waals surface area contributed by atoms with Gasteiger partial charge in [0, 0.05) is 7.11 Å². The third kappa shape index (κ3) is 5.06.